The minimum absolute atomic E-state index is 0.218. The Morgan fingerprint density at radius 1 is 1.59 bits per heavy atom. The molecular formula is C13H21N3O. The maximum atomic E-state index is 11.5. The van der Waals surface area contributed by atoms with Crippen molar-refractivity contribution < 1.29 is 4.79 Å². The van der Waals surface area contributed by atoms with Gasteiger partial charge in [0.25, 0.3) is 0 Å². The fraction of sp³-hybridized carbons (Fsp3) is 0.692. The van der Waals surface area contributed by atoms with Crippen molar-refractivity contribution in [3.8, 4) is 0 Å². The summed E-state index contributed by atoms with van der Waals surface area (Å²) in [6.07, 6.45) is 5.98. The van der Waals surface area contributed by atoms with Crippen LogP contribution in [0.15, 0.2) is 6.20 Å². The van der Waals surface area contributed by atoms with Crippen LogP contribution in [0.4, 0.5) is 0 Å². The van der Waals surface area contributed by atoms with Crippen LogP contribution in [0.3, 0.4) is 0 Å². The average Bonchev–Trinajstić information content (AvgIpc) is 3.10. The van der Waals surface area contributed by atoms with Crippen LogP contribution in [0, 0.1) is 12.8 Å². The molecule has 0 unspecified atom stereocenters. The zero-order chi connectivity index (χ0) is 12.3. The van der Waals surface area contributed by atoms with Crippen molar-refractivity contribution in [2.45, 2.75) is 46.1 Å². The quantitative estimate of drug-likeness (QED) is 0.815. The molecule has 0 bridgehead atoms. The molecule has 0 radical (unpaired) electrons. The topological polar surface area (TPSA) is 46.9 Å². The van der Waals surface area contributed by atoms with E-state index in [9.17, 15) is 4.79 Å². The molecule has 1 aliphatic carbocycles. The highest BCUT2D eigenvalue weighted by molar-refractivity contribution is 5.80. The highest BCUT2D eigenvalue weighted by Crippen LogP contribution is 2.28. The number of rotatable bonds is 6. The lowest BCUT2D eigenvalue weighted by atomic mass is 10.3. The molecule has 1 fully saturated rings. The Morgan fingerprint density at radius 3 is 3.00 bits per heavy atom. The number of aromatic nitrogens is 2. The van der Waals surface area contributed by atoms with Gasteiger partial charge in [-0.15, -0.1) is 0 Å². The summed E-state index contributed by atoms with van der Waals surface area (Å²) in [5.41, 5.74) is 1.20. The molecule has 1 N–H and O–H groups in total. The van der Waals surface area contributed by atoms with E-state index >= 15 is 0 Å². The number of carbonyl (C=O) groups excluding carboxylic acids is 1. The molecule has 0 saturated heterocycles. The number of nitrogens with one attached hydrogen (secondary N) is 1. The summed E-state index contributed by atoms with van der Waals surface area (Å²) in [6.45, 7) is 5.96. The number of aryl methyl sites for hydroxylation is 1. The Hall–Kier alpha value is -1.32. The van der Waals surface area contributed by atoms with E-state index in [0.717, 1.165) is 38.1 Å². The van der Waals surface area contributed by atoms with Crippen LogP contribution in [0.25, 0.3) is 0 Å². The second kappa shape index (κ2) is 5.34. The molecule has 1 aliphatic rings. The van der Waals surface area contributed by atoms with Gasteiger partial charge in [-0.25, -0.2) is 4.98 Å². The van der Waals surface area contributed by atoms with Gasteiger partial charge < -0.3 is 9.88 Å². The second-order valence-electron chi connectivity index (χ2n) is 4.78. The SMILES string of the molecule is CCCn1c(C)cnc1CCNC(=O)C1CC1. The molecular weight excluding hydrogens is 214 g/mol. The number of carbonyl (C=O) groups is 1. The standard InChI is InChI=1S/C13H21N3O/c1-3-8-16-10(2)9-15-12(16)6-7-14-13(17)11-4-5-11/h9,11H,3-8H2,1-2H3,(H,14,17). The lowest BCUT2D eigenvalue weighted by Crippen LogP contribution is -2.27. The van der Waals surface area contributed by atoms with Gasteiger partial charge >= 0.3 is 0 Å². The summed E-state index contributed by atoms with van der Waals surface area (Å²) in [7, 11) is 0. The monoisotopic (exact) mass is 235 g/mol. The predicted octanol–water partition coefficient (Wildman–Crippen LogP) is 1.67. The van der Waals surface area contributed by atoms with Crippen molar-refractivity contribution in [1.29, 1.82) is 0 Å². The summed E-state index contributed by atoms with van der Waals surface area (Å²) < 4.78 is 2.24. The molecule has 4 nitrogen and oxygen atoms in total. The van der Waals surface area contributed by atoms with E-state index in [0.29, 0.717) is 12.5 Å². The molecule has 0 aliphatic heterocycles. The van der Waals surface area contributed by atoms with E-state index in [1.54, 1.807) is 0 Å². The van der Waals surface area contributed by atoms with Crippen LogP contribution in [-0.4, -0.2) is 22.0 Å². The molecule has 1 saturated carbocycles. The Kier molecular flexibility index (Phi) is 3.82. The molecule has 0 spiro atoms. The molecule has 2 rings (SSSR count). The lowest BCUT2D eigenvalue weighted by molar-refractivity contribution is -0.122. The minimum Gasteiger partial charge on any atom is -0.355 e. The number of hydrogen-bond donors (Lipinski definition) is 1. The maximum absolute atomic E-state index is 11.5. The molecule has 17 heavy (non-hydrogen) atoms. The third-order valence-corrected chi connectivity index (χ3v) is 3.18. The predicted molar refractivity (Wildman–Crippen MR) is 66.7 cm³/mol. The van der Waals surface area contributed by atoms with Crippen molar-refractivity contribution in [1.82, 2.24) is 14.9 Å². The van der Waals surface area contributed by atoms with E-state index in [1.165, 1.54) is 5.69 Å². The maximum Gasteiger partial charge on any atom is 0.223 e. The first-order valence-electron chi connectivity index (χ1n) is 6.51. The number of imidazole rings is 1. The molecule has 1 aromatic heterocycles. The van der Waals surface area contributed by atoms with Gasteiger partial charge in [-0.3, -0.25) is 4.79 Å². The summed E-state index contributed by atoms with van der Waals surface area (Å²) >= 11 is 0. The molecule has 1 aromatic rings. The first-order chi connectivity index (χ1) is 8.22. The Morgan fingerprint density at radius 2 is 2.35 bits per heavy atom. The van der Waals surface area contributed by atoms with E-state index in [2.05, 4.69) is 28.7 Å². The van der Waals surface area contributed by atoms with E-state index in [-0.39, 0.29) is 5.91 Å². The zero-order valence-electron chi connectivity index (χ0n) is 10.7. The minimum atomic E-state index is 0.218. The molecule has 0 atom stereocenters. The van der Waals surface area contributed by atoms with Crippen molar-refractivity contribution in [2.24, 2.45) is 5.92 Å². The van der Waals surface area contributed by atoms with Crippen LogP contribution >= 0.6 is 0 Å². The molecule has 1 heterocycles. The lowest BCUT2D eigenvalue weighted by Gasteiger charge is -2.09. The highest BCUT2D eigenvalue weighted by atomic mass is 16.2. The van der Waals surface area contributed by atoms with Crippen LogP contribution in [0.2, 0.25) is 0 Å². The van der Waals surface area contributed by atoms with Crippen LogP contribution < -0.4 is 5.32 Å². The second-order valence-corrected chi connectivity index (χ2v) is 4.78. The summed E-state index contributed by atoms with van der Waals surface area (Å²) in [6, 6.07) is 0. The number of nitrogens with zero attached hydrogens (tertiary/aromatic N) is 2. The van der Waals surface area contributed by atoms with Crippen molar-refractivity contribution in [2.75, 3.05) is 6.54 Å². The van der Waals surface area contributed by atoms with Crippen molar-refractivity contribution >= 4 is 5.91 Å². The van der Waals surface area contributed by atoms with Gasteiger partial charge in [-0.2, -0.15) is 0 Å². The van der Waals surface area contributed by atoms with Gasteiger partial charge in [0, 0.05) is 37.3 Å². The number of amides is 1. The first-order valence-corrected chi connectivity index (χ1v) is 6.51. The summed E-state index contributed by atoms with van der Waals surface area (Å²) in [5.74, 6) is 1.60. The van der Waals surface area contributed by atoms with Crippen molar-refractivity contribution in [3.63, 3.8) is 0 Å². The van der Waals surface area contributed by atoms with Crippen molar-refractivity contribution in [3.05, 3.63) is 17.7 Å². The van der Waals surface area contributed by atoms with E-state index < -0.39 is 0 Å². The van der Waals surface area contributed by atoms with Gasteiger partial charge in [0.15, 0.2) is 0 Å². The Balaban J connectivity index is 1.83. The van der Waals surface area contributed by atoms with Crippen LogP contribution in [0.1, 0.15) is 37.7 Å². The van der Waals surface area contributed by atoms with E-state index in [1.807, 2.05) is 6.20 Å². The van der Waals surface area contributed by atoms with Gasteiger partial charge in [0.2, 0.25) is 5.91 Å². The van der Waals surface area contributed by atoms with Crippen LogP contribution in [-0.2, 0) is 17.8 Å². The molecule has 4 heteroatoms. The Bertz CT molecular complexity index is 393. The summed E-state index contributed by atoms with van der Waals surface area (Å²) in [5, 5.41) is 2.98. The van der Waals surface area contributed by atoms with Gasteiger partial charge in [0.05, 0.1) is 0 Å². The molecule has 0 aromatic carbocycles. The third-order valence-electron chi connectivity index (χ3n) is 3.18. The van der Waals surface area contributed by atoms with Gasteiger partial charge in [-0.1, -0.05) is 6.92 Å². The van der Waals surface area contributed by atoms with Gasteiger partial charge in [0.1, 0.15) is 5.82 Å². The fourth-order valence-electron chi connectivity index (χ4n) is 2.03. The highest BCUT2D eigenvalue weighted by Gasteiger charge is 2.29. The molecule has 1 amide bonds. The first kappa shape index (κ1) is 12.1. The Labute approximate surface area is 102 Å². The zero-order valence-corrected chi connectivity index (χ0v) is 10.7. The summed E-state index contributed by atoms with van der Waals surface area (Å²) in [4.78, 5) is 15.9. The largest absolute Gasteiger partial charge is 0.355 e. The smallest absolute Gasteiger partial charge is 0.223 e. The van der Waals surface area contributed by atoms with E-state index in [4.69, 9.17) is 0 Å². The van der Waals surface area contributed by atoms with Gasteiger partial charge in [-0.05, 0) is 26.2 Å². The fourth-order valence-corrected chi connectivity index (χ4v) is 2.03. The average molecular weight is 235 g/mol. The third kappa shape index (κ3) is 3.08. The van der Waals surface area contributed by atoms with Crippen LogP contribution in [0.5, 0.6) is 0 Å². The normalized spacial score (nSPS) is 14.9. The number of hydrogen-bond acceptors (Lipinski definition) is 2. The molecule has 94 valence electrons.